The van der Waals surface area contributed by atoms with Gasteiger partial charge in [-0.15, -0.1) is 5.21 Å². The van der Waals surface area contributed by atoms with E-state index in [-0.39, 0.29) is 0 Å². The Balaban J connectivity index is 1.90. The molecular weight excluding hydrogens is 206 g/mol. The maximum absolute atomic E-state index is 5.34. The maximum Gasteiger partial charge on any atom is 0.119 e. The Kier molecular flexibility index (Phi) is 3.32. The van der Waals surface area contributed by atoms with Crippen LogP contribution in [-0.4, -0.2) is 27.2 Å². The third-order valence-electron chi connectivity index (χ3n) is 1.97. The molecule has 0 unspecified atom stereocenters. The van der Waals surface area contributed by atoms with Gasteiger partial charge in [-0.3, -0.25) is 15.4 Å². The van der Waals surface area contributed by atoms with Crippen molar-refractivity contribution in [3.8, 4) is 5.75 Å². The summed E-state index contributed by atoms with van der Waals surface area (Å²) in [7, 11) is 0. The number of H-pyrrole nitrogens is 1. The normalized spacial score (nSPS) is 10.1. The van der Waals surface area contributed by atoms with Gasteiger partial charge in [-0.25, -0.2) is 0 Å². The molecule has 0 saturated heterocycles. The summed E-state index contributed by atoms with van der Waals surface area (Å²) in [5, 5.41) is 17.4. The Hall–Kier alpha value is -2.11. The zero-order chi connectivity index (χ0) is 11.2. The lowest BCUT2D eigenvalue weighted by Gasteiger charge is -2.08. The maximum atomic E-state index is 5.34. The van der Waals surface area contributed by atoms with Crippen molar-refractivity contribution in [1.82, 2.24) is 20.6 Å². The van der Waals surface area contributed by atoms with Crippen molar-refractivity contribution in [2.75, 3.05) is 6.61 Å². The highest BCUT2D eigenvalue weighted by Crippen LogP contribution is 2.17. The van der Waals surface area contributed by atoms with Gasteiger partial charge in [0.25, 0.3) is 0 Å². The lowest BCUT2D eigenvalue weighted by atomic mass is 10.2. The van der Waals surface area contributed by atoms with Crippen molar-refractivity contribution in [1.29, 1.82) is 0 Å². The van der Waals surface area contributed by atoms with Crippen LogP contribution in [-0.2, 0) is 6.54 Å². The van der Waals surface area contributed by atoms with Gasteiger partial charge in [-0.05, 0) is 24.6 Å². The number of hydrogen-bond donors (Lipinski definition) is 1. The first kappa shape index (κ1) is 10.4. The summed E-state index contributed by atoms with van der Waals surface area (Å²) < 4.78 is 5.34. The Morgan fingerprint density at radius 3 is 2.75 bits per heavy atom. The molecule has 2 rings (SSSR count). The van der Waals surface area contributed by atoms with E-state index in [2.05, 4.69) is 25.9 Å². The third kappa shape index (κ3) is 2.69. The lowest BCUT2D eigenvalue weighted by molar-refractivity contribution is 0.340. The fourth-order valence-corrected chi connectivity index (χ4v) is 1.24. The molecule has 84 valence electrons. The van der Waals surface area contributed by atoms with Gasteiger partial charge in [0.05, 0.1) is 12.6 Å². The van der Waals surface area contributed by atoms with Gasteiger partial charge in [0, 0.05) is 6.54 Å². The van der Waals surface area contributed by atoms with Crippen LogP contribution in [0, 0.1) is 0 Å². The number of hydrogen-bond acceptors (Lipinski definition) is 4. The smallest absolute Gasteiger partial charge is 0.119 e. The molecule has 6 nitrogen and oxygen atoms in total. The molecule has 0 aliphatic rings. The quantitative estimate of drug-likeness (QED) is 0.830. The minimum atomic E-state index is 0.369. The van der Waals surface area contributed by atoms with E-state index in [0.29, 0.717) is 19.1 Å². The fraction of sp³-hybridized carbons (Fsp3) is 0.300. The molecule has 0 bridgehead atoms. The number of rotatable bonds is 5. The summed E-state index contributed by atoms with van der Waals surface area (Å²) in [5.74, 6) is 1.24. The first-order valence-electron chi connectivity index (χ1n) is 5.01. The minimum Gasteiger partial charge on any atom is -0.494 e. The number of tetrazole rings is 1. The molecule has 1 aromatic heterocycles. The van der Waals surface area contributed by atoms with Gasteiger partial charge in [0.2, 0.25) is 0 Å². The van der Waals surface area contributed by atoms with Crippen LogP contribution in [0.15, 0.2) is 24.3 Å². The molecule has 0 aliphatic carbocycles. The van der Waals surface area contributed by atoms with Crippen molar-refractivity contribution in [2.24, 2.45) is 0 Å². The monoisotopic (exact) mass is 218 g/mol. The van der Waals surface area contributed by atoms with Crippen molar-refractivity contribution in [3.05, 3.63) is 35.1 Å². The fourth-order valence-electron chi connectivity index (χ4n) is 1.24. The summed E-state index contributed by atoms with van der Waals surface area (Å²) in [6.45, 7) is 3.16. The predicted molar refractivity (Wildman–Crippen MR) is 58.5 cm³/mol. The van der Waals surface area contributed by atoms with Gasteiger partial charge < -0.3 is 10.1 Å². The van der Waals surface area contributed by atoms with Crippen LogP contribution >= 0.6 is 0 Å². The van der Waals surface area contributed by atoms with Crippen molar-refractivity contribution in [2.45, 2.75) is 13.5 Å². The zero-order valence-electron chi connectivity index (χ0n) is 8.92. The van der Waals surface area contributed by atoms with Crippen molar-refractivity contribution in [3.63, 3.8) is 0 Å². The number of aromatic nitrogens is 4. The van der Waals surface area contributed by atoms with Gasteiger partial charge in [-0.2, -0.15) is 0 Å². The molecule has 1 N–H and O–H groups in total. The average molecular weight is 218 g/mol. The van der Waals surface area contributed by atoms with E-state index >= 15 is 0 Å². The van der Waals surface area contributed by atoms with Crippen LogP contribution in [0.2, 0.25) is 0 Å². The molecular formula is C10H12N5O-. The van der Waals surface area contributed by atoms with E-state index in [0.717, 1.165) is 11.3 Å². The molecule has 2 aromatic rings. The summed E-state index contributed by atoms with van der Waals surface area (Å²) in [6.07, 6.45) is 0. The third-order valence-corrected chi connectivity index (χ3v) is 1.97. The topological polar surface area (TPSA) is 77.8 Å². The summed E-state index contributed by atoms with van der Waals surface area (Å²) in [6, 6.07) is 7.78. The molecule has 0 radical (unpaired) electrons. The van der Waals surface area contributed by atoms with Crippen molar-refractivity contribution >= 4 is 5.95 Å². The highest BCUT2D eigenvalue weighted by atomic mass is 16.5. The van der Waals surface area contributed by atoms with E-state index < -0.39 is 0 Å². The molecule has 0 saturated carbocycles. The molecule has 6 heteroatoms. The van der Waals surface area contributed by atoms with E-state index in [9.17, 15) is 0 Å². The number of benzene rings is 1. The summed E-state index contributed by atoms with van der Waals surface area (Å²) in [5.41, 5.74) is 1.08. The molecule has 16 heavy (non-hydrogen) atoms. The Bertz CT molecular complexity index is 411. The van der Waals surface area contributed by atoms with Crippen LogP contribution in [0.3, 0.4) is 0 Å². The second-order valence-electron chi connectivity index (χ2n) is 3.10. The summed E-state index contributed by atoms with van der Waals surface area (Å²) in [4.78, 5) is 0. The van der Waals surface area contributed by atoms with Gasteiger partial charge in [-0.1, -0.05) is 12.1 Å². The number of aromatic amines is 1. The van der Waals surface area contributed by atoms with Gasteiger partial charge >= 0.3 is 0 Å². The van der Waals surface area contributed by atoms with Crippen LogP contribution in [0.5, 0.6) is 5.75 Å². The molecule has 0 atom stereocenters. The number of ether oxygens (including phenoxy) is 1. The molecule has 1 aromatic carbocycles. The highest BCUT2D eigenvalue weighted by Gasteiger charge is 1.93. The first-order valence-corrected chi connectivity index (χ1v) is 5.01. The molecule has 0 amide bonds. The van der Waals surface area contributed by atoms with E-state index in [4.69, 9.17) is 4.74 Å². The molecule has 0 fully saturated rings. The lowest BCUT2D eigenvalue weighted by Crippen LogP contribution is -1.91. The Morgan fingerprint density at radius 2 is 2.12 bits per heavy atom. The number of nitrogens with one attached hydrogen (secondary N) is 1. The zero-order valence-corrected chi connectivity index (χ0v) is 8.92. The second-order valence-corrected chi connectivity index (χ2v) is 3.10. The van der Waals surface area contributed by atoms with Crippen molar-refractivity contribution < 1.29 is 4.74 Å². The first-order chi connectivity index (χ1) is 7.88. The molecule has 0 spiro atoms. The van der Waals surface area contributed by atoms with E-state index in [1.807, 2.05) is 31.2 Å². The molecule has 0 aliphatic heterocycles. The Morgan fingerprint density at radius 1 is 1.31 bits per heavy atom. The van der Waals surface area contributed by atoms with Gasteiger partial charge in [0.15, 0.2) is 0 Å². The van der Waals surface area contributed by atoms with E-state index in [1.54, 1.807) is 0 Å². The average Bonchev–Trinajstić information content (AvgIpc) is 2.82. The van der Waals surface area contributed by atoms with E-state index in [1.165, 1.54) is 0 Å². The van der Waals surface area contributed by atoms with Gasteiger partial charge in [0.1, 0.15) is 5.75 Å². The number of nitrogens with zero attached hydrogens (tertiary/aromatic N) is 4. The molecule has 1 heterocycles. The largest absolute Gasteiger partial charge is 0.494 e. The summed E-state index contributed by atoms with van der Waals surface area (Å²) >= 11 is 0. The SMILES string of the molecule is CCOc1ccc(C[N-]c2nn[nH]n2)cc1. The Labute approximate surface area is 93.0 Å². The van der Waals surface area contributed by atoms with Crippen LogP contribution in [0.25, 0.3) is 5.32 Å². The van der Waals surface area contributed by atoms with Crippen LogP contribution < -0.4 is 4.74 Å². The van der Waals surface area contributed by atoms with Crippen LogP contribution in [0.1, 0.15) is 12.5 Å². The second kappa shape index (κ2) is 5.11. The van der Waals surface area contributed by atoms with Crippen LogP contribution in [0.4, 0.5) is 5.95 Å². The predicted octanol–water partition coefficient (Wildman–Crippen LogP) is 1.80. The highest BCUT2D eigenvalue weighted by molar-refractivity contribution is 5.33. The minimum absolute atomic E-state index is 0.369. The standard InChI is InChI=1S/C10H12N5O/c1-2-16-9-5-3-8(4-6-9)7-11-10-12-14-15-13-10/h3-6H,2,7H2,1H3,(H-,11,12,13,14,15)/q-1.